The van der Waals surface area contributed by atoms with E-state index in [0.717, 1.165) is 23.3 Å². The van der Waals surface area contributed by atoms with E-state index in [1.807, 2.05) is 60.7 Å². The van der Waals surface area contributed by atoms with E-state index in [2.05, 4.69) is 0 Å². The highest BCUT2D eigenvalue weighted by atomic mass is 16.4. The van der Waals surface area contributed by atoms with Gasteiger partial charge in [0.15, 0.2) is 5.78 Å². The number of nitriles is 1. The number of hydrogen-bond donors (Lipinski definition) is 1. The van der Waals surface area contributed by atoms with Crippen LogP contribution in [0, 0.1) is 11.3 Å². The van der Waals surface area contributed by atoms with E-state index in [1.54, 1.807) is 0 Å². The fraction of sp³-hybridized carbons (Fsp3) is 0. The van der Waals surface area contributed by atoms with E-state index in [4.69, 9.17) is 10.4 Å². The first-order chi connectivity index (χ1) is 10.1. The molecular weight excluding hydrogens is 266 g/mol. The summed E-state index contributed by atoms with van der Waals surface area (Å²) in [7, 11) is 0. The van der Waals surface area contributed by atoms with Crippen molar-refractivity contribution in [2.24, 2.45) is 0 Å². The first-order valence-electron chi connectivity index (χ1n) is 6.09. The molecule has 0 amide bonds. The Kier molecular flexibility index (Phi) is 6.67. The zero-order valence-electron chi connectivity index (χ0n) is 11.1. The van der Waals surface area contributed by atoms with Crippen molar-refractivity contribution < 1.29 is 14.7 Å². The zero-order valence-corrected chi connectivity index (χ0v) is 11.1. The highest BCUT2D eigenvalue weighted by molar-refractivity contribution is 6.08. The molecule has 104 valence electrons. The lowest BCUT2D eigenvalue weighted by molar-refractivity contribution is -0.131. The maximum absolute atomic E-state index is 11.8. The molecule has 0 saturated heterocycles. The molecule has 21 heavy (non-hydrogen) atoms. The van der Waals surface area contributed by atoms with Crippen LogP contribution in [0.2, 0.25) is 0 Å². The summed E-state index contributed by atoms with van der Waals surface area (Å²) in [5, 5.41) is 15.5. The predicted octanol–water partition coefficient (Wildman–Crippen LogP) is 3.07. The Hall–Kier alpha value is -3.19. The third-order valence-electron chi connectivity index (χ3n) is 2.37. The molecule has 0 unspecified atom stereocenters. The Labute approximate surface area is 122 Å². The normalized spacial score (nSPS) is 9.29. The van der Waals surface area contributed by atoms with Crippen LogP contribution in [-0.2, 0) is 4.79 Å². The van der Waals surface area contributed by atoms with Crippen molar-refractivity contribution >= 4 is 11.8 Å². The summed E-state index contributed by atoms with van der Waals surface area (Å²) in [4.78, 5) is 21.4. The minimum Gasteiger partial charge on any atom is -0.478 e. The number of carbonyl (C=O) groups excluding carboxylic acids is 1. The summed E-state index contributed by atoms with van der Waals surface area (Å²) in [6, 6.07) is 20.1. The summed E-state index contributed by atoms with van der Waals surface area (Å²) < 4.78 is 0. The van der Waals surface area contributed by atoms with Crippen molar-refractivity contribution in [2.75, 3.05) is 0 Å². The molecule has 2 rings (SSSR count). The Bertz CT molecular complexity index is 614. The van der Waals surface area contributed by atoms with Gasteiger partial charge in [0.25, 0.3) is 0 Å². The molecule has 0 radical (unpaired) electrons. The molecule has 0 aliphatic carbocycles. The number of nitrogens with zero attached hydrogens (tertiary/aromatic N) is 1. The van der Waals surface area contributed by atoms with Gasteiger partial charge in [-0.1, -0.05) is 60.7 Å². The molecule has 4 heteroatoms. The van der Waals surface area contributed by atoms with Crippen LogP contribution in [-0.4, -0.2) is 16.9 Å². The molecule has 0 heterocycles. The lowest BCUT2D eigenvalue weighted by atomic mass is 10.0. The van der Waals surface area contributed by atoms with Crippen LogP contribution in [0.25, 0.3) is 0 Å². The molecule has 4 nitrogen and oxygen atoms in total. The minimum atomic E-state index is -1.10. The molecule has 0 saturated carbocycles. The Morgan fingerprint density at radius 3 is 1.62 bits per heavy atom. The average molecular weight is 279 g/mol. The Morgan fingerprint density at radius 2 is 1.33 bits per heavy atom. The van der Waals surface area contributed by atoms with Crippen LogP contribution >= 0.6 is 0 Å². The first-order valence-corrected chi connectivity index (χ1v) is 6.09. The van der Waals surface area contributed by atoms with Crippen LogP contribution in [0.1, 0.15) is 15.9 Å². The van der Waals surface area contributed by atoms with Gasteiger partial charge in [-0.25, -0.2) is 4.79 Å². The molecule has 0 bridgehead atoms. The van der Waals surface area contributed by atoms with Gasteiger partial charge in [-0.2, -0.15) is 5.26 Å². The smallest absolute Gasteiger partial charge is 0.329 e. The molecule has 2 aromatic carbocycles. The van der Waals surface area contributed by atoms with Crippen molar-refractivity contribution in [1.29, 1.82) is 5.26 Å². The fourth-order valence-electron chi connectivity index (χ4n) is 1.45. The second kappa shape index (κ2) is 8.83. The van der Waals surface area contributed by atoms with Crippen LogP contribution in [0.4, 0.5) is 0 Å². The first kappa shape index (κ1) is 15.9. The third kappa shape index (κ3) is 5.99. The lowest BCUT2D eigenvalue weighted by Gasteiger charge is -1.99. The van der Waals surface area contributed by atoms with Gasteiger partial charge in [0.05, 0.1) is 6.07 Å². The van der Waals surface area contributed by atoms with Crippen molar-refractivity contribution in [3.05, 3.63) is 83.9 Å². The number of hydrogen-bond acceptors (Lipinski definition) is 3. The summed E-state index contributed by atoms with van der Waals surface area (Å²) in [6.45, 7) is 0. The van der Waals surface area contributed by atoms with Gasteiger partial charge in [-0.15, -0.1) is 0 Å². The van der Waals surface area contributed by atoms with Gasteiger partial charge in [-0.3, -0.25) is 4.79 Å². The highest BCUT2D eigenvalue weighted by Gasteiger charge is 2.06. The van der Waals surface area contributed by atoms with Crippen molar-refractivity contribution in [3.8, 4) is 6.07 Å². The van der Waals surface area contributed by atoms with Crippen LogP contribution in [0.5, 0.6) is 0 Å². The Balaban J connectivity index is 0.000000270. The number of carboxylic acids is 1. The highest BCUT2D eigenvalue weighted by Crippen LogP contribution is 2.08. The molecule has 2 aromatic rings. The van der Waals surface area contributed by atoms with Crippen LogP contribution < -0.4 is 0 Å². The number of carboxylic acid groups (broad SMARTS) is 1. The minimum absolute atomic E-state index is 0.0752. The van der Waals surface area contributed by atoms with Gasteiger partial charge in [0.1, 0.15) is 0 Å². The summed E-state index contributed by atoms with van der Waals surface area (Å²) in [5.74, 6) is -1.02. The number of rotatable bonds is 3. The average Bonchev–Trinajstić information content (AvgIpc) is 2.54. The summed E-state index contributed by atoms with van der Waals surface area (Å²) in [5.41, 5.74) is 1.47. The second-order valence-electron chi connectivity index (χ2n) is 3.86. The lowest BCUT2D eigenvalue weighted by Crippen LogP contribution is -1.99. The third-order valence-corrected chi connectivity index (χ3v) is 2.37. The van der Waals surface area contributed by atoms with Gasteiger partial charge in [0.2, 0.25) is 0 Å². The van der Waals surface area contributed by atoms with Gasteiger partial charge in [-0.05, 0) is 0 Å². The molecule has 0 spiro atoms. The standard InChI is InChI=1S/C13H10O.C4H3NO2/c14-13(11-7-3-1-4-8-11)12-9-5-2-6-10-12;5-3-1-2-4(6)7/h1-10H;1-2H,(H,6,7). The van der Waals surface area contributed by atoms with E-state index in [0.29, 0.717) is 0 Å². The maximum Gasteiger partial charge on any atom is 0.329 e. The summed E-state index contributed by atoms with van der Waals surface area (Å²) in [6.07, 6.45) is 1.68. The van der Waals surface area contributed by atoms with Gasteiger partial charge in [0, 0.05) is 23.3 Å². The number of carbonyl (C=O) groups is 2. The Morgan fingerprint density at radius 1 is 0.905 bits per heavy atom. The topological polar surface area (TPSA) is 78.2 Å². The van der Waals surface area contributed by atoms with E-state index in [-0.39, 0.29) is 5.78 Å². The quantitative estimate of drug-likeness (QED) is 0.532. The number of allylic oxidation sites excluding steroid dienone is 1. The van der Waals surface area contributed by atoms with Crippen LogP contribution in [0.3, 0.4) is 0 Å². The monoisotopic (exact) mass is 279 g/mol. The number of benzene rings is 2. The molecular formula is C17H13NO3. The molecule has 1 N–H and O–H groups in total. The van der Waals surface area contributed by atoms with Gasteiger partial charge >= 0.3 is 5.97 Å². The molecule has 0 aromatic heterocycles. The van der Waals surface area contributed by atoms with Crippen molar-refractivity contribution in [3.63, 3.8) is 0 Å². The SMILES string of the molecule is N#CC=CC(=O)O.O=C(c1ccccc1)c1ccccc1. The molecule has 0 atom stereocenters. The molecule has 0 aliphatic heterocycles. The van der Waals surface area contributed by atoms with E-state index in [9.17, 15) is 9.59 Å². The maximum atomic E-state index is 11.8. The van der Waals surface area contributed by atoms with Crippen LogP contribution in [0.15, 0.2) is 72.8 Å². The largest absolute Gasteiger partial charge is 0.478 e. The van der Waals surface area contributed by atoms with Gasteiger partial charge < -0.3 is 5.11 Å². The number of aliphatic carboxylic acids is 1. The van der Waals surface area contributed by atoms with Crippen molar-refractivity contribution in [2.45, 2.75) is 0 Å². The summed E-state index contributed by atoms with van der Waals surface area (Å²) >= 11 is 0. The van der Waals surface area contributed by atoms with E-state index < -0.39 is 5.97 Å². The van der Waals surface area contributed by atoms with E-state index >= 15 is 0 Å². The molecule has 0 aliphatic rings. The predicted molar refractivity (Wildman–Crippen MR) is 78.7 cm³/mol. The van der Waals surface area contributed by atoms with E-state index in [1.165, 1.54) is 6.07 Å². The van der Waals surface area contributed by atoms with Crippen molar-refractivity contribution in [1.82, 2.24) is 0 Å². The number of ketones is 1. The molecule has 0 fully saturated rings. The zero-order chi connectivity index (χ0) is 15.5. The fourth-order valence-corrected chi connectivity index (χ4v) is 1.45. The second-order valence-corrected chi connectivity index (χ2v) is 3.86.